The summed E-state index contributed by atoms with van der Waals surface area (Å²) in [5, 5.41) is 4.95. The number of sulfonamides is 1. The van der Waals surface area contributed by atoms with Crippen LogP contribution in [0.2, 0.25) is 0 Å². The number of pyridine rings is 1. The van der Waals surface area contributed by atoms with E-state index in [4.69, 9.17) is 10.1 Å². The van der Waals surface area contributed by atoms with Crippen LogP contribution < -0.4 is 9.80 Å². The van der Waals surface area contributed by atoms with Crippen LogP contribution in [0.25, 0.3) is 17.0 Å². The minimum Gasteiger partial charge on any atom is -0.354 e. The molecule has 0 radical (unpaired) electrons. The summed E-state index contributed by atoms with van der Waals surface area (Å²) < 4.78 is 42.3. The number of halogens is 1. The van der Waals surface area contributed by atoms with Crippen LogP contribution >= 0.6 is 0 Å². The van der Waals surface area contributed by atoms with Gasteiger partial charge in [0, 0.05) is 32.7 Å². The van der Waals surface area contributed by atoms with Gasteiger partial charge < -0.3 is 9.80 Å². The van der Waals surface area contributed by atoms with Gasteiger partial charge in [-0.3, -0.25) is 0 Å². The monoisotopic (exact) mass is 549 g/mol. The topological polar surface area (TPSA) is 86.9 Å². The van der Waals surface area contributed by atoms with E-state index >= 15 is 0 Å². The highest BCUT2D eigenvalue weighted by molar-refractivity contribution is 7.89. The fraction of sp³-hybridized carbons (Fsp3) is 0.393. The highest BCUT2D eigenvalue weighted by Gasteiger charge is 2.29. The number of piperazine rings is 1. The number of fused-ring (bicyclic) bond motifs is 1. The Balaban J connectivity index is 1.26. The van der Waals surface area contributed by atoms with E-state index in [1.54, 1.807) is 22.6 Å². The number of aromatic nitrogens is 4. The summed E-state index contributed by atoms with van der Waals surface area (Å²) in [7, 11) is -3.20. The summed E-state index contributed by atoms with van der Waals surface area (Å²) in [5.74, 6) is 1.57. The average Bonchev–Trinajstić information content (AvgIpc) is 3.61. The molecular formula is C28H32FN7O2S. The predicted molar refractivity (Wildman–Crippen MR) is 150 cm³/mol. The van der Waals surface area contributed by atoms with Gasteiger partial charge in [0.1, 0.15) is 23.1 Å². The fourth-order valence-corrected chi connectivity index (χ4v) is 7.11. The fourth-order valence-electron chi connectivity index (χ4n) is 5.62. The largest absolute Gasteiger partial charge is 0.354 e. The average molecular weight is 550 g/mol. The summed E-state index contributed by atoms with van der Waals surface area (Å²) in [4.78, 5) is 13.8. The lowest BCUT2D eigenvalue weighted by Crippen LogP contribution is -2.49. The third kappa shape index (κ3) is 5.08. The van der Waals surface area contributed by atoms with Gasteiger partial charge in [0.25, 0.3) is 0 Å². The summed E-state index contributed by atoms with van der Waals surface area (Å²) in [5.41, 5.74) is 3.20. The lowest BCUT2D eigenvalue weighted by atomic mass is 10.0. The second-order valence-corrected chi connectivity index (χ2v) is 12.2. The molecule has 0 unspecified atom stereocenters. The Morgan fingerprint density at radius 3 is 2.59 bits per heavy atom. The molecule has 0 N–H and O–H groups in total. The summed E-state index contributed by atoms with van der Waals surface area (Å²) >= 11 is 0. The number of imidazole rings is 1. The van der Waals surface area contributed by atoms with Gasteiger partial charge in [-0.2, -0.15) is 4.31 Å². The molecular weight excluding hydrogens is 517 g/mol. The van der Waals surface area contributed by atoms with Crippen LogP contribution in [-0.4, -0.2) is 70.8 Å². The molecule has 1 aromatic carbocycles. The molecule has 11 heteroatoms. The first-order valence-electron chi connectivity index (χ1n) is 13.5. The standard InChI is InChI=1S/C28H32FN7O2S/c1-2-18-39(37,38)34-16-14-33(15-17-34)27-10-4-8-23(31-27)25-20-30-26-11-12-28(32-36(25)26)35-13-5-9-24(35)21-6-3-7-22(29)19-21/h3-4,6-8,10-12,19-20,24H,2,5,9,13-18H2,1H3/t24-/m1/s1. The van der Waals surface area contributed by atoms with Crippen LogP contribution in [0.5, 0.6) is 0 Å². The molecule has 0 bridgehead atoms. The van der Waals surface area contributed by atoms with Gasteiger partial charge in [-0.15, -0.1) is 5.10 Å². The van der Waals surface area contributed by atoms with E-state index in [1.807, 2.05) is 47.8 Å². The lowest BCUT2D eigenvalue weighted by molar-refractivity contribution is 0.383. The molecule has 5 heterocycles. The Labute approximate surface area is 227 Å². The van der Waals surface area contributed by atoms with Crippen molar-refractivity contribution in [2.75, 3.05) is 48.3 Å². The molecule has 0 amide bonds. The zero-order chi connectivity index (χ0) is 27.0. The molecule has 39 heavy (non-hydrogen) atoms. The molecule has 2 aliphatic heterocycles. The highest BCUT2D eigenvalue weighted by atomic mass is 32.2. The van der Waals surface area contributed by atoms with Crippen molar-refractivity contribution < 1.29 is 12.8 Å². The van der Waals surface area contributed by atoms with Crippen LogP contribution in [0.1, 0.15) is 37.8 Å². The first-order valence-corrected chi connectivity index (χ1v) is 15.1. The van der Waals surface area contributed by atoms with E-state index in [2.05, 4.69) is 14.8 Å². The Kier molecular flexibility index (Phi) is 6.94. The van der Waals surface area contributed by atoms with Crippen molar-refractivity contribution in [3.05, 3.63) is 72.2 Å². The van der Waals surface area contributed by atoms with Gasteiger partial charge in [-0.1, -0.05) is 25.1 Å². The SMILES string of the molecule is CCCS(=O)(=O)N1CCN(c2cccc(-c3cnc4ccc(N5CCC[C@@H]5c5cccc(F)c5)nn34)n2)CC1. The van der Waals surface area contributed by atoms with E-state index < -0.39 is 10.0 Å². The van der Waals surface area contributed by atoms with Crippen molar-refractivity contribution >= 4 is 27.3 Å². The van der Waals surface area contributed by atoms with Gasteiger partial charge in [-0.25, -0.2) is 27.3 Å². The number of rotatable bonds is 7. The van der Waals surface area contributed by atoms with Crippen molar-refractivity contribution in [2.24, 2.45) is 0 Å². The summed E-state index contributed by atoms with van der Waals surface area (Å²) in [6, 6.07) is 16.7. The molecule has 204 valence electrons. The number of benzene rings is 1. The first kappa shape index (κ1) is 25.7. The molecule has 2 fully saturated rings. The Hall–Kier alpha value is -3.57. The molecule has 0 saturated carbocycles. The van der Waals surface area contributed by atoms with Gasteiger partial charge >= 0.3 is 0 Å². The van der Waals surface area contributed by atoms with Crippen LogP contribution in [0.15, 0.2) is 60.8 Å². The van der Waals surface area contributed by atoms with Crippen LogP contribution in [0.4, 0.5) is 16.0 Å². The molecule has 3 aromatic heterocycles. The first-order chi connectivity index (χ1) is 18.9. The Bertz CT molecular complexity index is 1580. The zero-order valence-corrected chi connectivity index (χ0v) is 22.8. The minimum atomic E-state index is -3.20. The van der Waals surface area contributed by atoms with Crippen molar-refractivity contribution in [1.82, 2.24) is 23.9 Å². The third-order valence-electron chi connectivity index (χ3n) is 7.54. The van der Waals surface area contributed by atoms with Crippen molar-refractivity contribution in [3.8, 4) is 11.4 Å². The molecule has 2 aliphatic rings. The molecule has 6 rings (SSSR count). The van der Waals surface area contributed by atoms with Gasteiger partial charge in [0.2, 0.25) is 10.0 Å². The van der Waals surface area contributed by atoms with E-state index in [-0.39, 0.29) is 17.6 Å². The highest BCUT2D eigenvalue weighted by Crippen LogP contribution is 2.35. The Morgan fingerprint density at radius 2 is 1.79 bits per heavy atom. The van der Waals surface area contributed by atoms with Crippen LogP contribution in [0.3, 0.4) is 0 Å². The number of hydrogen-bond donors (Lipinski definition) is 0. The quantitative estimate of drug-likeness (QED) is 0.343. The van der Waals surface area contributed by atoms with E-state index in [9.17, 15) is 12.8 Å². The predicted octanol–water partition coefficient (Wildman–Crippen LogP) is 4.13. The molecule has 0 aliphatic carbocycles. The zero-order valence-electron chi connectivity index (χ0n) is 21.9. The number of hydrogen-bond acceptors (Lipinski definition) is 7. The number of nitrogens with zero attached hydrogens (tertiary/aromatic N) is 7. The minimum absolute atomic E-state index is 0.0684. The van der Waals surface area contributed by atoms with E-state index in [0.29, 0.717) is 32.6 Å². The van der Waals surface area contributed by atoms with Crippen molar-refractivity contribution in [2.45, 2.75) is 32.2 Å². The van der Waals surface area contributed by atoms with E-state index in [1.165, 1.54) is 6.07 Å². The smallest absolute Gasteiger partial charge is 0.214 e. The van der Waals surface area contributed by atoms with Crippen molar-refractivity contribution in [3.63, 3.8) is 0 Å². The molecule has 1 atom stereocenters. The third-order valence-corrected chi connectivity index (χ3v) is 9.62. The molecule has 9 nitrogen and oxygen atoms in total. The van der Waals surface area contributed by atoms with Crippen LogP contribution in [0, 0.1) is 5.82 Å². The molecule has 2 saturated heterocycles. The second-order valence-electron chi connectivity index (χ2n) is 10.1. The maximum atomic E-state index is 13.9. The van der Waals surface area contributed by atoms with E-state index in [0.717, 1.165) is 53.6 Å². The Morgan fingerprint density at radius 1 is 0.974 bits per heavy atom. The maximum absolute atomic E-state index is 13.9. The van der Waals surface area contributed by atoms with Crippen LogP contribution in [-0.2, 0) is 10.0 Å². The molecule has 0 spiro atoms. The van der Waals surface area contributed by atoms with Crippen molar-refractivity contribution in [1.29, 1.82) is 0 Å². The number of anilines is 2. The lowest BCUT2D eigenvalue weighted by Gasteiger charge is -2.34. The van der Waals surface area contributed by atoms with Gasteiger partial charge in [0.05, 0.1) is 23.7 Å². The molecule has 4 aromatic rings. The normalized spacial score (nSPS) is 18.8. The summed E-state index contributed by atoms with van der Waals surface area (Å²) in [6.07, 6.45) is 4.34. The summed E-state index contributed by atoms with van der Waals surface area (Å²) in [6.45, 7) is 4.82. The van der Waals surface area contributed by atoms with Gasteiger partial charge in [0.15, 0.2) is 5.65 Å². The van der Waals surface area contributed by atoms with Gasteiger partial charge in [-0.05, 0) is 61.2 Å². The second kappa shape index (κ2) is 10.5. The maximum Gasteiger partial charge on any atom is 0.214 e.